The average molecular weight is 476 g/mol. The minimum Gasteiger partial charge on any atom is -0.497 e. The second-order valence-electron chi connectivity index (χ2n) is 9.17. The molecule has 0 aliphatic carbocycles. The number of ether oxygens (including phenoxy) is 3. The maximum atomic E-state index is 9.81. The fourth-order valence-corrected chi connectivity index (χ4v) is 5.00. The van der Waals surface area contributed by atoms with Gasteiger partial charge in [-0.2, -0.15) is 5.26 Å². The summed E-state index contributed by atoms with van der Waals surface area (Å²) in [4.78, 5) is 0. The van der Waals surface area contributed by atoms with Gasteiger partial charge >= 0.3 is 0 Å². The summed E-state index contributed by atoms with van der Waals surface area (Å²) < 4.78 is 17.9. The smallest absolute Gasteiger partial charge is 0.178 e. The first-order chi connectivity index (χ1) is 17.5. The molecule has 0 saturated carbocycles. The lowest BCUT2D eigenvalue weighted by molar-refractivity contribution is 0.163. The van der Waals surface area contributed by atoms with Crippen LogP contribution in [0.3, 0.4) is 0 Å². The Hall–Kier alpha value is -4.23. The number of nitriles is 1. The van der Waals surface area contributed by atoms with Crippen LogP contribution < -0.4 is 14.2 Å². The Bertz CT molecular complexity index is 1500. The van der Waals surface area contributed by atoms with Crippen molar-refractivity contribution in [1.82, 2.24) is 0 Å². The molecule has 0 amide bonds. The third-order valence-electron chi connectivity index (χ3n) is 7.23. The van der Waals surface area contributed by atoms with Gasteiger partial charge < -0.3 is 14.2 Å². The van der Waals surface area contributed by atoms with Gasteiger partial charge in [-0.05, 0) is 53.6 Å². The number of hydrogen-bond acceptors (Lipinski definition) is 4. The van der Waals surface area contributed by atoms with Crippen molar-refractivity contribution in [3.05, 3.63) is 107 Å². The second kappa shape index (κ2) is 9.43. The highest BCUT2D eigenvalue weighted by atomic mass is 16.5. The van der Waals surface area contributed by atoms with Crippen molar-refractivity contribution in [2.45, 2.75) is 31.8 Å². The van der Waals surface area contributed by atoms with E-state index in [2.05, 4.69) is 56.3 Å². The van der Waals surface area contributed by atoms with Crippen LogP contribution >= 0.6 is 0 Å². The van der Waals surface area contributed by atoms with Crippen molar-refractivity contribution < 1.29 is 14.2 Å². The third kappa shape index (κ3) is 3.78. The SMILES string of the molecule is CCC(C)c1cc2ccccc2c2c1C=CC(c1ccc(OC)cc1)(c1ccc(OC)c(C#N)c1)O2. The monoisotopic (exact) mass is 475 g/mol. The molecule has 0 N–H and O–H groups in total. The Labute approximate surface area is 212 Å². The normalized spacial score (nSPS) is 17.1. The first-order valence-corrected chi connectivity index (χ1v) is 12.2. The molecule has 0 aromatic heterocycles. The zero-order valence-corrected chi connectivity index (χ0v) is 21.0. The molecule has 1 aliphatic heterocycles. The number of fused-ring (bicyclic) bond motifs is 3. The molecule has 0 fully saturated rings. The molecule has 2 unspecified atom stereocenters. The third-order valence-corrected chi connectivity index (χ3v) is 7.23. The molecule has 4 aromatic rings. The molecule has 180 valence electrons. The molecule has 2 atom stereocenters. The molecule has 0 radical (unpaired) electrons. The van der Waals surface area contributed by atoms with Gasteiger partial charge in [0.05, 0.1) is 19.8 Å². The van der Waals surface area contributed by atoms with Crippen molar-refractivity contribution in [3.8, 4) is 23.3 Å². The molecule has 0 saturated heterocycles. The summed E-state index contributed by atoms with van der Waals surface area (Å²) >= 11 is 0. The van der Waals surface area contributed by atoms with Crippen LogP contribution in [0.2, 0.25) is 0 Å². The van der Waals surface area contributed by atoms with Gasteiger partial charge in [-0.15, -0.1) is 0 Å². The summed E-state index contributed by atoms with van der Waals surface area (Å²) in [6.07, 6.45) is 5.33. The summed E-state index contributed by atoms with van der Waals surface area (Å²) in [6, 6.07) is 26.5. The number of hydrogen-bond donors (Lipinski definition) is 0. The van der Waals surface area contributed by atoms with Crippen molar-refractivity contribution in [2.24, 2.45) is 0 Å². The van der Waals surface area contributed by atoms with E-state index in [0.29, 0.717) is 17.2 Å². The Morgan fingerprint density at radius 1 is 0.944 bits per heavy atom. The van der Waals surface area contributed by atoms with E-state index in [1.807, 2.05) is 48.5 Å². The van der Waals surface area contributed by atoms with E-state index in [-0.39, 0.29) is 0 Å². The van der Waals surface area contributed by atoms with Gasteiger partial charge in [-0.1, -0.05) is 68.5 Å². The molecule has 1 aliphatic rings. The fraction of sp³-hybridized carbons (Fsp3) is 0.219. The lowest BCUT2D eigenvalue weighted by Crippen LogP contribution is -2.34. The number of nitrogens with zero attached hydrogens (tertiary/aromatic N) is 1. The Kier molecular flexibility index (Phi) is 6.16. The average Bonchev–Trinajstić information content (AvgIpc) is 2.95. The molecule has 1 heterocycles. The summed E-state index contributed by atoms with van der Waals surface area (Å²) in [7, 11) is 3.23. The van der Waals surface area contributed by atoms with Gasteiger partial charge in [0.15, 0.2) is 5.60 Å². The van der Waals surface area contributed by atoms with Crippen molar-refractivity contribution in [2.75, 3.05) is 14.2 Å². The van der Waals surface area contributed by atoms with Crippen LogP contribution in [0.15, 0.2) is 78.9 Å². The Balaban J connectivity index is 1.79. The molecule has 0 bridgehead atoms. The van der Waals surface area contributed by atoms with E-state index in [4.69, 9.17) is 14.2 Å². The lowest BCUT2D eigenvalue weighted by Gasteiger charge is -2.38. The second-order valence-corrected chi connectivity index (χ2v) is 9.17. The molecule has 0 spiro atoms. The van der Waals surface area contributed by atoms with Crippen LogP contribution in [0.4, 0.5) is 0 Å². The summed E-state index contributed by atoms with van der Waals surface area (Å²) in [5.41, 5.74) is 3.71. The quantitative estimate of drug-likeness (QED) is 0.288. The van der Waals surface area contributed by atoms with Gasteiger partial charge in [0.1, 0.15) is 23.3 Å². The lowest BCUT2D eigenvalue weighted by atomic mass is 9.81. The predicted molar refractivity (Wildman–Crippen MR) is 144 cm³/mol. The zero-order chi connectivity index (χ0) is 25.3. The maximum Gasteiger partial charge on any atom is 0.178 e. The highest BCUT2D eigenvalue weighted by Crippen LogP contribution is 2.48. The first-order valence-electron chi connectivity index (χ1n) is 12.2. The number of rotatable bonds is 6. The van der Waals surface area contributed by atoms with Crippen LogP contribution in [-0.4, -0.2) is 14.2 Å². The molecule has 36 heavy (non-hydrogen) atoms. The maximum absolute atomic E-state index is 9.81. The number of methoxy groups -OCH3 is 2. The van der Waals surface area contributed by atoms with E-state index < -0.39 is 5.60 Å². The van der Waals surface area contributed by atoms with E-state index >= 15 is 0 Å². The van der Waals surface area contributed by atoms with E-state index in [9.17, 15) is 5.26 Å². The van der Waals surface area contributed by atoms with Gasteiger partial charge in [-0.25, -0.2) is 0 Å². The molecular formula is C32H29NO3. The van der Waals surface area contributed by atoms with Crippen molar-refractivity contribution >= 4 is 16.8 Å². The van der Waals surface area contributed by atoms with Gasteiger partial charge in [-0.3, -0.25) is 0 Å². The first kappa shape index (κ1) is 23.5. The molecular weight excluding hydrogens is 446 g/mol. The highest BCUT2D eigenvalue weighted by molar-refractivity contribution is 5.94. The predicted octanol–water partition coefficient (Wildman–Crippen LogP) is 7.59. The standard InChI is InChI=1S/C32H29NO3/c1-5-21(2)29-19-22-8-6-7-9-27(22)31-28(29)16-17-32(36-31,24-10-13-26(34-3)14-11-24)25-12-15-30(35-4)23(18-25)20-33/h6-19,21H,5H2,1-4H3. The van der Waals surface area contributed by atoms with Crippen LogP contribution in [0, 0.1) is 11.3 Å². The molecule has 5 rings (SSSR count). The van der Waals surface area contributed by atoms with Gasteiger partial charge in [0, 0.05) is 22.1 Å². The van der Waals surface area contributed by atoms with Crippen molar-refractivity contribution in [3.63, 3.8) is 0 Å². The zero-order valence-electron chi connectivity index (χ0n) is 21.0. The van der Waals surface area contributed by atoms with Crippen molar-refractivity contribution in [1.29, 1.82) is 5.26 Å². The molecule has 4 heteroatoms. The van der Waals surface area contributed by atoms with Crippen LogP contribution in [-0.2, 0) is 5.60 Å². The summed E-state index contributed by atoms with van der Waals surface area (Å²) in [6.45, 7) is 4.47. The fourth-order valence-electron chi connectivity index (χ4n) is 5.00. The Morgan fingerprint density at radius 2 is 1.69 bits per heavy atom. The van der Waals surface area contributed by atoms with Crippen LogP contribution in [0.5, 0.6) is 17.2 Å². The Morgan fingerprint density at radius 3 is 2.39 bits per heavy atom. The summed E-state index contributed by atoms with van der Waals surface area (Å²) in [5.74, 6) is 2.55. The summed E-state index contributed by atoms with van der Waals surface area (Å²) in [5, 5.41) is 12.0. The van der Waals surface area contributed by atoms with E-state index in [1.54, 1.807) is 14.2 Å². The highest BCUT2D eigenvalue weighted by Gasteiger charge is 2.39. The topological polar surface area (TPSA) is 51.5 Å². The van der Waals surface area contributed by atoms with E-state index in [1.165, 1.54) is 5.56 Å². The van der Waals surface area contributed by atoms with E-state index in [0.717, 1.165) is 45.4 Å². The largest absolute Gasteiger partial charge is 0.497 e. The van der Waals surface area contributed by atoms with Gasteiger partial charge in [0.25, 0.3) is 0 Å². The van der Waals surface area contributed by atoms with Crippen LogP contribution in [0.1, 0.15) is 54.0 Å². The van der Waals surface area contributed by atoms with Gasteiger partial charge in [0.2, 0.25) is 0 Å². The molecule has 4 nitrogen and oxygen atoms in total. The number of benzene rings is 4. The molecule has 4 aromatic carbocycles. The minimum absolute atomic E-state index is 0.385. The van der Waals surface area contributed by atoms with Crippen LogP contribution in [0.25, 0.3) is 16.8 Å². The minimum atomic E-state index is -0.937.